The molecule has 4 rings (SSSR count). The molecular formula is C30H34BN3O. The van der Waals surface area contributed by atoms with Gasteiger partial charge < -0.3 is 14.9 Å². The maximum absolute atomic E-state index is 6.03. The number of allylic oxidation sites excluding steroid dienone is 3. The van der Waals surface area contributed by atoms with Crippen LogP contribution in [0.5, 0.6) is 11.5 Å². The van der Waals surface area contributed by atoms with Gasteiger partial charge in [-0.25, -0.2) is 4.99 Å². The predicted octanol–water partition coefficient (Wildman–Crippen LogP) is 6.15. The lowest BCUT2D eigenvalue weighted by molar-refractivity contribution is 0.481. The third kappa shape index (κ3) is 5.93. The summed E-state index contributed by atoms with van der Waals surface area (Å²) in [5.41, 5.74) is 13.9. The van der Waals surface area contributed by atoms with Crippen molar-refractivity contribution in [2.75, 3.05) is 6.54 Å². The van der Waals surface area contributed by atoms with Crippen LogP contribution in [0.1, 0.15) is 50.9 Å². The van der Waals surface area contributed by atoms with E-state index in [4.69, 9.17) is 15.5 Å². The largest absolute Gasteiger partial charge is 0.457 e. The van der Waals surface area contributed by atoms with Crippen molar-refractivity contribution in [3.8, 4) is 11.5 Å². The summed E-state index contributed by atoms with van der Waals surface area (Å²) < 4.78 is 8.15. The summed E-state index contributed by atoms with van der Waals surface area (Å²) in [6, 6.07) is 20.6. The van der Waals surface area contributed by atoms with E-state index in [1.165, 1.54) is 11.1 Å². The van der Waals surface area contributed by atoms with Gasteiger partial charge in [0.2, 0.25) is 7.98 Å². The Morgan fingerprint density at radius 2 is 1.66 bits per heavy atom. The van der Waals surface area contributed by atoms with Gasteiger partial charge in [-0.1, -0.05) is 51.1 Å². The van der Waals surface area contributed by atoms with E-state index in [2.05, 4.69) is 101 Å². The molecule has 0 fully saturated rings. The Balaban J connectivity index is 1.47. The van der Waals surface area contributed by atoms with Crippen molar-refractivity contribution in [2.45, 2.75) is 39.5 Å². The molecule has 0 radical (unpaired) electrons. The third-order valence-corrected chi connectivity index (χ3v) is 6.19. The van der Waals surface area contributed by atoms with Gasteiger partial charge in [0.15, 0.2) is 0 Å². The van der Waals surface area contributed by atoms with Gasteiger partial charge in [0, 0.05) is 11.3 Å². The van der Waals surface area contributed by atoms with Crippen LogP contribution in [-0.2, 0) is 5.41 Å². The van der Waals surface area contributed by atoms with Crippen LogP contribution in [0.2, 0.25) is 0 Å². The van der Waals surface area contributed by atoms with Crippen LogP contribution in [0.3, 0.4) is 0 Å². The van der Waals surface area contributed by atoms with Gasteiger partial charge in [0.1, 0.15) is 11.5 Å². The standard InChI is InChI=1S/C30H34BN3O/c1-21-20-24(33-29(21)27(17-18-32)28-6-5-19-34(28)31)12-7-22-8-13-25(14-9-22)35-26-15-10-23(11-16-26)30(2,3)4/h5-16,19-20H,17-18,31-32H2,1-4H3/b12-7+,29-27-. The molecule has 0 amide bonds. The number of nitrogens with zero attached hydrogens (tertiary/aromatic N) is 2. The molecular weight excluding hydrogens is 429 g/mol. The Labute approximate surface area is 210 Å². The highest BCUT2D eigenvalue weighted by atomic mass is 16.5. The van der Waals surface area contributed by atoms with E-state index in [9.17, 15) is 0 Å². The first-order chi connectivity index (χ1) is 16.7. The van der Waals surface area contributed by atoms with Crippen molar-refractivity contribution in [1.82, 2.24) is 4.48 Å². The second-order valence-corrected chi connectivity index (χ2v) is 10.0. The molecule has 0 bridgehead atoms. The molecule has 2 heterocycles. The maximum Gasteiger partial charge on any atom is 0.223 e. The fraction of sp³-hybridized carbons (Fsp3) is 0.233. The number of aromatic nitrogens is 1. The molecule has 3 aromatic rings. The molecule has 0 aliphatic carbocycles. The minimum Gasteiger partial charge on any atom is -0.457 e. The van der Waals surface area contributed by atoms with Crippen LogP contribution in [0.25, 0.3) is 11.6 Å². The van der Waals surface area contributed by atoms with E-state index in [0.29, 0.717) is 6.54 Å². The number of hydrogen-bond donors (Lipinski definition) is 1. The lowest BCUT2D eigenvalue weighted by Crippen LogP contribution is -2.10. The Morgan fingerprint density at radius 3 is 2.23 bits per heavy atom. The molecule has 4 nitrogen and oxygen atoms in total. The smallest absolute Gasteiger partial charge is 0.223 e. The van der Waals surface area contributed by atoms with Crippen LogP contribution < -0.4 is 10.5 Å². The molecule has 0 saturated heterocycles. The van der Waals surface area contributed by atoms with E-state index in [1.807, 2.05) is 24.3 Å². The SMILES string of the molecule is Bn1cccc1/C(CCN)=C1N=C(/C=C/c2ccc(Oc3ccc(C(C)(C)C)cc3)cc2)C=C\1C. The first-order valence-electron chi connectivity index (χ1n) is 12.1. The highest BCUT2D eigenvalue weighted by molar-refractivity contribution is 6.11. The number of aliphatic imine (C=N–C) groups is 1. The van der Waals surface area contributed by atoms with E-state index in [1.54, 1.807) is 0 Å². The molecule has 0 unspecified atom stereocenters. The zero-order valence-electron chi connectivity index (χ0n) is 21.4. The average Bonchev–Trinajstić information content (AvgIpc) is 3.42. The molecule has 1 aliphatic heterocycles. The maximum atomic E-state index is 6.03. The Kier molecular flexibility index (Phi) is 7.27. The highest BCUT2D eigenvalue weighted by Gasteiger charge is 2.17. The molecule has 2 N–H and O–H groups in total. The summed E-state index contributed by atoms with van der Waals surface area (Å²) in [6.07, 6.45) is 9.11. The molecule has 2 aromatic carbocycles. The molecule has 0 spiro atoms. The van der Waals surface area contributed by atoms with Gasteiger partial charge in [-0.15, -0.1) is 0 Å². The summed E-state index contributed by atoms with van der Waals surface area (Å²) >= 11 is 0. The average molecular weight is 463 g/mol. The van der Waals surface area contributed by atoms with E-state index >= 15 is 0 Å². The summed E-state index contributed by atoms with van der Waals surface area (Å²) in [6.45, 7) is 9.33. The topological polar surface area (TPSA) is 52.5 Å². The molecule has 5 heteroatoms. The zero-order valence-corrected chi connectivity index (χ0v) is 21.4. The van der Waals surface area contributed by atoms with Gasteiger partial charge in [-0.05, 0) is 96.8 Å². The van der Waals surface area contributed by atoms with E-state index < -0.39 is 0 Å². The Bertz CT molecular complexity index is 1300. The first-order valence-corrected chi connectivity index (χ1v) is 12.1. The summed E-state index contributed by atoms with van der Waals surface area (Å²) in [4.78, 5) is 4.92. The van der Waals surface area contributed by atoms with Crippen molar-refractivity contribution in [1.29, 1.82) is 0 Å². The van der Waals surface area contributed by atoms with E-state index in [0.717, 1.165) is 46.2 Å². The van der Waals surface area contributed by atoms with Crippen molar-refractivity contribution < 1.29 is 4.74 Å². The van der Waals surface area contributed by atoms with Crippen molar-refractivity contribution >= 4 is 25.3 Å². The van der Waals surface area contributed by atoms with Crippen LogP contribution >= 0.6 is 0 Å². The van der Waals surface area contributed by atoms with Crippen LogP contribution in [-0.4, -0.2) is 24.7 Å². The van der Waals surface area contributed by atoms with Gasteiger partial charge in [0.25, 0.3) is 0 Å². The Hall–Kier alpha value is -3.57. The van der Waals surface area contributed by atoms with E-state index in [-0.39, 0.29) is 5.41 Å². The highest BCUT2D eigenvalue weighted by Crippen LogP contribution is 2.31. The molecule has 1 aromatic heterocycles. The molecule has 1 aliphatic rings. The monoisotopic (exact) mass is 463 g/mol. The second-order valence-electron chi connectivity index (χ2n) is 10.0. The predicted molar refractivity (Wildman–Crippen MR) is 151 cm³/mol. The van der Waals surface area contributed by atoms with Crippen molar-refractivity contribution in [2.24, 2.45) is 10.7 Å². The second kappa shape index (κ2) is 10.4. The minimum atomic E-state index is 0.133. The third-order valence-electron chi connectivity index (χ3n) is 6.19. The van der Waals surface area contributed by atoms with Gasteiger partial charge in [0.05, 0.1) is 11.4 Å². The zero-order chi connectivity index (χ0) is 25.0. The Morgan fingerprint density at radius 1 is 1.00 bits per heavy atom. The van der Waals surface area contributed by atoms with Crippen molar-refractivity contribution in [3.63, 3.8) is 0 Å². The van der Waals surface area contributed by atoms with Gasteiger partial charge >= 0.3 is 0 Å². The number of hydrogen-bond acceptors (Lipinski definition) is 3. The quantitative estimate of drug-likeness (QED) is 0.428. The molecule has 35 heavy (non-hydrogen) atoms. The molecule has 0 atom stereocenters. The minimum absolute atomic E-state index is 0.133. The summed E-state index contributed by atoms with van der Waals surface area (Å²) in [7, 11) is 2.05. The molecule has 178 valence electrons. The van der Waals surface area contributed by atoms with Crippen LogP contribution in [0, 0.1) is 0 Å². The van der Waals surface area contributed by atoms with Crippen molar-refractivity contribution in [3.05, 3.63) is 107 Å². The lowest BCUT2D eigenvalue weighted by atomic mass is 9.87. The number of benzene rings is 2. The first kappa shape index (κ1) is 24.6. The van der Waals surface area contributed by atoms with Gasteiger partial charge in [-0.3, -0.25) is 0 Å². The number of rotatable bonds is 7. The van der Waals surface area contributed by atoms with Crippen LogP contribution in [0.15, 0.2) is 95.3 Å². The number of nitrogens with two attached hydrogens (primary N) is 1. The number of ether oxygens (including phenoxy) is 1. The fourth-order valence-corrected chi connectivity index (χ4v) is 4.20. The van der Waals surface area contributed by atoms with Gasteiger partial charge in [-0.2, -0.15) is 0 Å². The van der Waals surface area contributed by atoms with Crippen LogP contribution in [0.4, 0.5) is 0 Å². The lowest BCUT2D eigenvalue weighted by Gasteiger charge is -2.19. The fourth-order valence-electron chi connectivity index (χ4n) is 4.20. The summed E-state index contributed by atoms with van der Waals surface area (Å²) in [5, 5.41) is 0. The normalized spacial score (nSPS) is 15.3. The molecule has 0 saturated carbocycles. The summed E-state index contributed by atoms with van der Waals surface area (Å²) in [5.74, 6) is 1.66.